The molecule has 5 nitrogen and oxygen atoms in total. The Kier molecular flexibility index (Phi) is 2.95. The van der Waals surface area contributed by atoms with Crippen LogP contribution in [0.1, 0.15) is 0 Å². The third kappa shape index (κ3) is 7.73. The second kappa shape index (κ2) is 3.04. The molecule has 0 atom stereocenters. The average molecular weight is 170 g/mol. The molecule has 0 aromatic rings. The highest BCUT2D eigenvalue weighted by molar-refractivity contribution is 8.71. The number of carbonyl (C=O) groups excluding carboxylic acids is 1. The van der Waals surface area contributed by atoms with Crippen molar-refractivity contribution < 1.29 is 13.2 Å². The molecule has 0 aliphatic rings. The van der Waals surface area contributed by atoms with Crippen molar-refractivity contribution in [3.8, 4) is 0 Å². The zero-order valence-electron chi connectivity index (χ0n) is 4.40. The number of rotatable bonds is 3. The van der Waals surface area contributed by atoms with Crippen LogP contribution in [0.3, 0.4) is 0 Å². The minimum atomic E-state index is -3.60. The first-order chi connectivity index (χ1) is 3.92. The van der Waals surface area contributed by atoms with Crippen LogP contribution in [0.2, 0.25) is 0 Å². The predicted octanol–water partition coefficient (Wildman–Crippen LogP) is -1.59. The molecule has 0 radical (unpaired) electrons. The molecule has 0 spiro atoms. The van der Waals surface area contributed by atoms with Crippen LogP contribution in [0.5, 0.6) is 0 Å². The molecule has 0 aliphatic heterocycles. The molecule has 0 fully saturated rings. The summed E-state index contributed by atoms with van der Waals surface area (Å²) in [6.45, 7) is 0. The van der Waals surface area contributed by atoms with Gasteiger partial charge in [-0.2, -0.15) is 0 Å². The second-order valence-electron chi connectivity index (χ2n) is 1.22. The van der Waals surface area contributed by atoms with Crippen LogP contribution in [0.4, 0.5) is 0 Å². The molecule has 4 N–H and O–H groups in total. The third-order valence-electron chi connectivity index (χ3n) is 0.365. The standard InChI is InChI=1S/C2H6N2O3S2/c3-2(5)1-8-9(4,6)7/h1H2,(H2,3,5)(H2,4,6,7). The number of nitrogens with two attached hydrogens (primary N) is 2. The van der Waals surface area contributed by atoms with E-state index in [0.717, 1.165) is 0 Å². The van der Waals surface area contributed by atoms with E-state index in [-0.39, 0.29) is 5.75 Å². The largest absolute Gasteiger partial charge is 0.369 e. The lowest BCUT2D eigenvalue weighted by atomic mass is 10.8. The van der Waals surface area contributed by atoms with Gasteiger partial charge in [-0.05, 0) is 10.8 Å². The maximum atomic E-state index is 10.1. The van der Waals surface area contributed by atoms with Crippen LogP contribution in [0, 0.1) is 0 Å². The molecule has 0 rings (SSSR count). The van der Waals surface area contributed by atoms with Gasteiger partial charge >= 0.3 is 0 Å². The molecule has 0 bridgehead atoms. The maximum Gasteiger partial charge on any atom is 0.262 e. The van der Waals surface area contributed by atoms with Crippen molar-refractivity contribution >= 4 is 25.8 Å². The molecular formula is C2H6N2O3S2. The number of hydrogen-bond donors (Lipinski definition) is 2. The van der Waals surface area contributed by atoms with Gasteiger partial charge in [-0.1, -0.05) is 0 Å². The zero-order chi connectivity index (χ0) is 7.49. The van der Waals surface area contributed by atoms with E-state index >= 15 is 0 Å². The van der Waals surface area contributed by atoms with Crippen molar-refractivity contribution in [2.24, 2.45) is 10.9 Å². The Bertz CT molecular complexity index is 196. The number of hydrogen-bond acceptors (Lipinski definition) is 4. The molecule has 0 saturated carbocycles. The van der Waals surface area contributed by atoms with Gasteiger partial charge in [0.2, 0.25) is 5.91 Å². The van der Waals surface area contributed by atoms with Crippen LogP contribution in [-0.2, 0) is 13.8 Å². The summed E-state index contributed by atoms with van der Waals surface area (Å²) in [4.78, 5) is 9.93. The lowest BCUT2D eigenvalue weighted by Crippen LogP contribution is -2.17. The van der Waals surface area contributed by atoms with Gasteiger partial charge in [0.1, 0.15) is 0 Å². The molecule has 0 unspecified atom stereocenters. The second-order valence-corrected chi connectivity index (χ2v) is 4.83. The fraction of sp³-hybridized carbons (Fsp3) is 0.500. The van der Waals surface area contributed by atoms with Gasteiger partial charge in [0.05, 0.1) is 5.75 Å². The van der Waals surface area contributed by atoms with E-state index in [1.807, 2.05) is 0 Å². The summed E-state index contributed by atoms with van der Waals surface area (Å²) in [7, 11) is -3.29. The number of amides is 1. The monoisotopic (exact) mass is 170 g/mol. The number of carbonyl (C=O) groups is 1. The van der Waals surface area contributed by atoms with Crippen molar-refractivity contribution in [1.82, 2.24) is 0 Å². The Balaban J connectivity index is 3.67. The summed E-state index contributed by atoms with van der Waals surface area (Å²) in [6.07, 6.45) is 0. The summed E-state index contributed by atoms with van der Waals surface area (Å²) >= 11 is 0. The quantitative estimate of drug-likeness (QED) is 0.498. The van der Waals surface area contributed by atoms with Gasteiger partial charge in [0.25, 0.3) is 9.06 Å². The van der Waals surface area contributed by atoms with Crippen molar-refractivity contribution in [1.29, 1.82) is 0 Å². The van der Waals surface area contributed by atoms with Gasteiger partial charge in [-0.3, -0.25) is 4.79 Å². The van der Waals surface area contributed by atoms with Crippen LogP contribution in [0.25, 0.3) is 0 Å². The Labute approximate surface area is 56.2 Å². The van der Waals surface area contributed by atoms with Crippen molar-refractivity contribution in [2.75, 3.05) is 5.75 Å². The molecule has 1 amide bonds. The normalized spacial score (nSPS) is 11.2. The predicted molar refractivity (Wildman–Crippen MR) is 34.8 cm³/mol. The van der Waals surface area contributed by atoms with Crippen LogP contribution >= 0.6 is 10.8 Å². The van der Waals surface area contributed by atoms with Crippen molar-refractivity contribution in [3.05, 3.63) is 0 Å². The Hall–Kier alpha value is -0.270. The van der Waals surface area contributed by atoms with E-state index in [4.69, 9.17) is 0 Å². The van der Waals surface area contributed by atoms with Gasteiger partial charge in [-0.15, -0.1) is 0 Å². The van der Waals surface area contributed by atoms with Gasteiger partial charge < -0.3 is 5.73 Å². The SMILES string of the molecule is NC(=O)CSS(N)(=O)=O. The molecule has 0 heterocycles. The lowest BCUT2D eigenvalue weighted by Gasteiger charge is -1.90. The first-order valence-electron chi connectivity index (χ1n) is 1.87. The molecule has 7 heteroatoms. The van der Waals surface area contributed by atoms with Crippen LogP contribution in [0.15, 0.2) is 0 Å². The topological polar surface area (TPSA) is 103 Å². The van der Waals surface area contributed by atoms with E-state index in [9.17, 15) is 13.2 Å². The fourth-order valence-corrected chi connectivity index (χ4v) is 1.26. The highest BCUT2D eigenvalue weighted by atomic mass is 33.1. The van der Waals surface area contributed by atoms with E-state index in [0.29, 0.717) is 10.8 Å². The first kappa shape index (κ1) is 8.73. The summed E-state index contributed by atoms with van der Waals surface area (Å²) in [5.74, 6) is -0.993. The van der Waals surface area contributed by atoms with Crippen LogP contribution in [-0.4, -0.2) is 20.1 Å². The molecule has 54 valence electrons. The van der Waals surface area contributed by atoms with E-state index in [1.165, 1.54) is 0 Å². The van der Waals surface area contributed by atoms with E-state index in [1.54, 1.807) is 0 Å². The maximum absolute atomic E-state index is 10.1. The lowest BCUT2D eigenvalue weighted by molar-refractivity contribution is -0.115. The molecule has 0 aromatic carbocycles. The molecule has 0 aromatic heterocycles. The highest BCUT2D eigenvalue weighted by Gasteiger charge is 2.04. The summed E-state index contributed by atoms with van der Waals surface area (Å²) < 4.78 is 20.1. The minimum absolute atomic E-state index is 0.293. The Morgan fingerprint density at radius 3 is 2.11 bits per heavy atom. The Morgan fingerprint density at radius 1 is 1.56 bits per heavy atom. The smallest absolute Gasteiger partial charge is 0.262 e. The first-order valence-corrected chi connectivity index (χ1v) is 4.92. The van der Waals surface area contributed by atoms with Gasteiger partial charge in [0, 0.05) is 0 Å². The van der Waals surface area contributed by atoms with Crippen LogP contribution < -0.4 is 10.9 Å². The van der Waals surface area contributed by atoms with Crippen molar-refractivity contribution in [2.45, 2.75) is 0 Å². The minimum Gasteiger partial charge on any atom is -0.369 e. The summed E-state index contributed by atoms with van der Waals surface area (Å²) in [6, 6.07) is 0. The van der Waals surface area contributed by atoms with Crippen molar-refractivity contribution in [3.63, 3.8) is 0 Å². The van der Waals surface area contributed by atoms with Gasteiger partial charge in [-0.25, -0.2) is 13.6 Å². The molecule has 0 aliphatic carbocycles. The Morgan fingerprint density at radius 2 is 2.00 bits per heavy atom. The molecule has 0 saturated heterocycles. The third-order valence-corrected chi connectivity index (χ3v) is 2.44. The molecule has 9 heavy (non-hydrogen) atoms. The van der Waals surface area contributed by atoms with E-state index in [2.05, 4.69) is 10.9 Å². The summed E-state index contributed by atoms with van der Waals surface area (Å²) in [5, 5.41) is 4.51. The van der Waals surface area contributed by atoms with Gasteiger partial charge in [0.15, 0.2) is 0 Å². The fourth-order valence-electron chi connectivity index (χ4n) is 0.140. The zero-order valence-corrected chi connectivity index (χ0v) is 6.04. The number of primary amides is 1. The average Bonchev–Trinajstić information content (AvgIpc) is 1.59. The summed E-state index contributed by atoms with van der Waals surface area (Å²) in [5.41, 5.74) is 4.62. The highest BCUT2D eigenvalue weighted by Crippen LogP contribution is 2.03. The van der Waals surface area contributed by atoms with E-state index < -0.39 is 15.0 Å². The molecular weight excluding hydrogens is 164 g/mol.